The second-order valence-corrected chi connectivity index (χ2v) is 8.40. The highest BCUT2D eigenvalue weighted by Crippen LogP contribution is 2.32. The summed E-state index contributed by atoms with van der Waals surface area (Å²) in [6.07, 6.45) is 3.80. The molecule has 0 bridgehead atoms. The van der Waals surface area contributed by atoms with Crippen LogP contribution in [0.1, 0.15) is 39.5 Å². The van der Waals surface area contributed by atoms with E-state index in [9.17, 15) is 13.7 Å². The van der Waals surface area contributed by atoms with Gasteiger partial charge >= 0.3 is 0 Å². The molecule has 0 amide bonds. The van der Waals surface area contributed by atoms with Gasteiger partial charge in [0, 0.05) is 18.6 Å². The molecule has 0 aromatic carbocycles. The van der Waals surface area contributed by atoms with Crippen molar-refractivity contribution in [3.05, 3.63) is 0 Å². The Morgan fingerprint density at radius 1 is 1.50 bits per heavy atom. The number of hydrogen-bond acceptors (Lipinski definition) is 5. The zero-order valence-electron chi connectivity index (χ0n) is 12.4. The van der Waals surface area contributed by atoms with Gasteiger partial charge in [0.25, 0.3) is 0 Å². The van der Waals surface area contributed by atoms with Crippen molar-refractivity contribution in [3.8, 4) is 6.07 Å². The molecule has 20 heavy (non-hydrogen) atoms. The average Bonchev–Trinajstić information content (AvgIpc) is 2.38. The van der Waals surface area contributed by atoms with E-state index in [1.165, 1.54) is 0 Å². The van der Waals surface area contributed by atoms with Crippen LogP contribution in [0.3, 0.4) is 0 Å². The van der Waals surface area contributed by atoms with E-state index < -0.39 is 15.4 Å². The maximum atomic E-state index is 11.7. The SMILES string of the molecule is CCNC1(C#N)CCCC(N2CCS(=O)(=O)CC2C)C1. The van der Waals surface area contributed by atoms with Crippen molar-refractivity contribution in [1.82, 2.24) is 10.2 Å². The summed E-state index contributed by atoms with van der Waals surface area (Å²) in [5.41, 5.74) is -0.423. The molecule has 1 saturated carbocycles. The van der Waals surface area contributed by atoms with E-state index in [1.807, 2.05) is 13.8 Å². The Bertz CT molecular complexity index is 481. The maximum absolute atomic E-state index is 11.7. The molecule has 0 spiro atoms. The number of nitriles is 1. The second kappa shape index (κ2) is 6.00. The molecule has 1 N–H and O–H groups in total. The van der Waals surface area contributed by atoms with Gasteiger partial charge in [0.2, 0.25) is 0 Å². The lowest BCUT2D eigenvalue weighted by atomic mass is 9.79. The molecular formula is C14H25N3O2S. The van der Waals surface area contributed by atoms with E-state index in [1.54, 1.807) is 0 Å². The smallest absolute Gasteiger partial charge is 0.153 e. The zero-order chi connectivity index (χ0) is 14.8. The van der Waals surface area contributed by atoms with Gasteiger partial charge < -0.3 is 0 Å². The van der Waals surface area contributed by atoms with Crippen LogP contribution in [0, 0.1) is 11.3 Å². The van der Waals surface area contributed by atoms with Crippen molar-refractivity contribution in [2.45, 2.75) is 57.2 Å². The van der Waals surface area contributed by atoms with Gasteiger partial charge in [0.15, 0.2) is 9.84 Å². The van der Waals surface area contributed by atoms with E-state index in [0.29, 0.717) is 12.6 Å². The molecular weight excluding hydrogens is 274 g/mol. The molecule has 2 fully saturated rings. The predicted molar refractivity (Wildman–Crippen MR) is 79.1 cm³/mol. The van der Waals surface area contributed by atoms with Gasteiger partial charge in [-0.1, -0.05) is 6.92 Å². The van der Waals surface area contributed by atoms with Crippen molar-refractivity contribution in [2.24, 2.45) is 0 Å². The van der Waals surface area contributed by atoms with E-state index in [2.05, 4.69) is 16.3 Å². The topological polar surface area (TPSA) is 73.2 Å². The second-order valence-electron chi connectivity index (χ2n) is 6.18. The maximum Gasteiger partial charge on any atom is 0.153 e. The van der Waals surface area contributed by atoms with Gasteiger partial charge in [-0.05, 0) is 39.2 Å². The van der Waals surface area contributed by atoms with Gasteiger partial charge in [-0.15, -0.1) is 0 Å². The summed E-state index contributed by atoms with van der Waals surface area (Å²) in [4.78, 5) is 2.31. The van der Waals surface area contributed by atoms with Crippen LogP contribution in [0.2, 0.25) is 0 Å². The quantitative estimate of drug-likeness (QED) is 0.839. The molecule has 0 aromatic heterocycles. The van der Waals surface area contributed by atoms with Crippen molar-refractivity contribution in [1.29, 1.82) is 5.26 Å². The van der Waals surface area contributed by atoms with Crippen LogP contribution in [0.15, 0.2) is 0 Å². The van der Waals surface area contributed by atoms with Crippen LogP contribution < -0.4 is 5.32 Å². The summed E-state index contributed by atoms with van der Waals surface area (Å²) >= 11 is 0. The van der Waals surface area contributed by atoms with Crippen molar-refractivity contribution >= 4 is 9.84 Å². The number of nitrogens with one attached hydrogen (secondary N) is 1. The molecule has 114 valence electrons. The van der Waals surface area contributed by atoms with Crippen molar-refractivity contribution in [3.63, 3.8) is 0 Å². The Hall–Kier alpha value is -0.640. The van der Waals surface area contributed by atoms with Crippen LogP contribution in [-0.2, 0) is 9.84 Å². The summed E-state index contributed by atoms with van der Waals surface area (Å²) in [5, 5.41) is 12.9. The van der Waals surface area contributed by atoms with E-state index in [-0.39, 0.29) is 17.5 Å². The third-order valence-corrected chi connectivity index (χ3v) is 6.44. The van der Waals surface area contributed by atoms with E-state index >= 15 is 0 Å². The molecule has 6 heteroatoms. The van der Waals surface area contributed by atoms with Crippen LogP contribution in [0.25, 0.3) is 0 Å². The number of nitrogens with zero attached hydrogens (tertiary/aromatic N) is 2. The molecule has 1 aliphatic heterocycles. The molecule has 0 aromatic rings. The molecule has 3 unspecified atom stereocenters. The largest absolute Gasteiger partial charge is 0.300 e. The standard InChI is InChI=1S/C14H25N3O2S/c1-3-16-14(11-15)6-4-5-13(9-14)17-7-8-20(18,19)10-12(17)2/h12-13,16H,3-10H2,1-2H3. The number of sulfone groups is 1. The van der Waals surface area contributed by atoms with Crippen LogP contribution in [-0.4, -0.2) is 55.5 Å². The fourth-order valence-corrected chi connectivity index (χ4v) is 5.30. The molecule has 2 aliphatic rings. The highest BCUT2D eigenvalue weighted by molar-refractivity contribution is 7.91. The Labute approximate surface area is 122 Å². The van der Waals surface area contributed by atoms with Gasteiger partial charge in [0.1, 0.15) is 5.54 Å². The Morgan fingerprint density at radius 3 is 2.85 bits per heavy atom. The van der Waals surface area contributed by atoms with Crippen LogP contribution >= 0.6 is 0 Å². The summed E-state index contributed by atoms with van der Waals surface area (Å²) in [5.74, 6) is 0.513. The zero-order valence-corrected chi connectivity index (χ0v) is 13.2. The minimum absolute atomic E-state index is 0.0647. The molecule has 3 atom stereocenters. The molecule has 1 heterocycles. The monoisotopic (exact) mass is 299 g/mol. The van der Waals surface area contributed by atoms with Gasteiger partial charge in [-0.3, -0.25) is 10.2 Å². The fourth-order valence-electron chi connectivity index (χ4n) is 3.72. The van der Waals surface area contributed by atoms with Crippen LogP contribution in [0.4, 0.5) is 0 Å². The highest BCUT2D eigenvalue weighted by atomic mass is 32.2. The van der Waals surface area contributed by atoms with Crippen LogP contribution in [0.5, 0.6) is 0 Å². The van der Waals surface area contributed by atoms with Crippen molar-refractivity contribution < 1.29 is 8.42 Å². The summed E-state index contributed by atoms with van der Waals surface area (Å²) in [7, 11) is -2.87. The van der Waals surface area contributed by atoms with Gasteiger partial charge in [-0.2, -0.15) is 5.26 Å². The molecule has 2 rings (SSSR count). The Morgan fingerprint density at radius 2 is 2.25 bits per heavy atom. The summed E-state index contributed by atoms with van der Waals surface area (Å²) in [6, 6.07) is 2.85. The highest BCUT2D eigenvalue weighted by Gasteiger charge is 2.41. The van der Waals surface area contributed by atoms with E-state index in [4.69, 9.17) is 0 Å². The first-order valence-corrected chi connectivity index (χ1v) is 9.36. The first kappa shape index (κ1) is 15.7. The lowest BCUT2D eigenvalue weighted by Gasteiger charge is -2.45. The Balaban J connectivity index is 2.08. The first-order valence-electron chi connectivity index (χ1n) is 7.54. The van der Waals surface area contributed by atoms with Gasteiger partial charge in [-0.25, -0.2) is 8.42 Å². The molecule has 0 radical (unpaired) electrons. The van der Waals surface area contributed by atoms with Gasteiger partial charge in [0.05, 0.1) is 17.6 Å². The average molecular weight is 299 g/mol. The summed E-state index contributed by atoms with van der Waals surface area (Å²) in [6.45, 7) is 5.43. The first-order chi connectivity index (χ1) is 9.41. The molecule has 1 saturated heterocycles. The molecule has 1 aliphatic carbocycles. The van der Waals surface area contributed by atoms with Crippen molar-refractivity contribution in [2.75, 3.05) is 24.6 Å². The molecule has 5 nitrogen and oxygen atoms in total. The third kappa shape index (κ3) is 3.33. The normalized spacial score (nSPS) is 38.2. The third-order valence-electron chi connectivity index (χ3n) is 4.64. The fraction of sp³-hybridized carbons (Fsp3) is 0.929. The minimum atomic E-state index is -2.87. The van der Waals surface area contributed by atoms with E-state index in [0.717, 1.165) is 32.2 Å². The minimum Gasteiger partial charge on any atom is -0.300 e. The predicted octanol–water partition coefficient (Wildman–Crippen LogP) is 0.920. The Kier molecular flexibility index (Phi) is 4.73. The number of hydrogen-bond donors (Lipinski definition) is 1. The summed E-state index contributed by atoms with van der Waals surface area (Å²) < 4.78 is 23.4. The number of rotatable bonds is 3. The lowest BCUT2D eigenvalue weighted by molar-refractivity contribution is 0.0957. The lowest BCUT2D eigenvalue weighted by Crippen LogP contribution is -2.57.